The van der Waals surface area contributed by atoms with Gasteiger partial charge in [0, 0.05) is 31.5 Å². The average molecular weight is 260 g/mol. The van der Waals surface area contributed by atoms with Crippen LogP contribution >= 0.6 is 0 Å². The highest BCUT2D eigenvalue weighted by molar-refractivity contribution is 5.79. The lowest BCUT2D eigenvalue weighted by Gasteiger charge is -2.08. The van der Waals surface area contributed by atoms with Crippen molar-refractivity contribution in [3.63, 3.8) is 0 Å². The first-order chi connectivity index (χ1) is 9.25. The SMILES string of the molecule is CC(C)COCCCNCc1ccc2[nH]ccc2c1. The minimum absolute atomic E-state index is 0.626. The number of aromatic amines is 1. The van der Waals surface area contributed by atoms with Crippen LogP contribution in [0, 0.1) is 5.92 Å². The molecule has 0 saturated heterocycles. The van der Waals surface area contributed by atoms with Gasteiger partial charge in [0.2, 0.25) is 0 Å². The second-order valence-electron chi connectivity index (χ2n) is 5.40. The van der Waals surface area contributed by atoms with Gasteiger partial charge in [-0.05, 0) is 48.0 Å². The lowest BCUT2D eigenvalue weighted by Crippen LogP contribution is -2.16. The van der Waals surface area contributed by atoms with Crippen LogP contribution in [-0.4, -0.2) is 24.7 Å². The van der Waals surface area contributed by atoms with Crippen LogP contribution < -0.4 is 5.32 Å². The van der Waals surface area contributed by atoms with Crippen LogP contribution in [0.4, 0.5) is 0 Å². The van der Waals surface area contributed by atoms with Gasteiger partial charge in [-0.1, -0.05) is 19.9 Å². The molecule has 0 radical (unpaired) electrons. The van der Waals surface area contributed by atoms with Gasteiger partial charge in [0.1, 0.15) is 0 Å². The number of hydrogen-bond acceptors (Lipinski definition) is 2. The Balaban J connectivity index is 1.62. The molecule has 0 aliphatic carbocycles. The number of hydrogen-bond donors (Lipinski definition) is 2. The maximum atomic E-state index is 5.55. The third kappa shape index (κ3) is 4.69. The molecule has 0 spiro atoms. The fraction of sp³-hybridized carbons (Fsp3) is 0.500. The van der Waals surface area contributed by atoms with Crippen LogP contribution in [0.2, 0.25) is 0 Å². The van der Waals surface area contributed by atoms with Crippen molar-refractivity contribution < 1.29 is 4.74 Å². The number of H-pyrrole nitrogens is 1. The zero-order valence-electron chi connectivity index (χ0n) is 11.9. The van der Waals surface area contributed by atoms with Crippen molar-refractivity contribution in [1.82, 2.24) is 10.3 Å². The molecule has 3 nitrogen and oxygen atoms in total. The van der Waals surface area contributed by atoms with Crippen LogP contribution in [-0.2, 0) is 11.3 Å². The first-order valence-corrected chi connectivity index (χ1v) is 7.10. The Hall–Kier alpha value is -1.32. The molecular formula is C16H24N2O. The van der Waals surface area contributed by atoms with Gasteiger partial charge in [-0.3, -0.25) is 0 Å². The van der Waals surface area contributed by atoms with Crippen LogP contribution in [0.15, 0.2) is 30.5 Å². The van der Waals surface area contributed by atoms with E-state index in [0.29, 0.717) is 5.92 Å². The first kappa shape index (κ1) is 14.1. The Morgan fingerprint density at radius 1 is 1.26 bits per heavy atom. The molecule has 1 aromatic heterocycles. The molecule has 0 fully saturated rings. The summed E-state index contributed by atoms with van der Waals surface area (Å²) in [6, 6.07) is 8.64. The Kier molecular flexibility index (Phi) is 5.43. The maximum Gasteiger partial charge on any atom is 0.0489 e. The summed E-state index contributed by atoms with van der Waals surface area (Å²) >= 11 is 0. The van der Waals surface area contributed by atoms with E-state index in [0.717, 1.165) is 32.7 Å². The zero-order valence-corrected chi connectivity index (χ0v) is 11.9. The third-order valence-electron chi connectivity index (χ3n) is 3.04. The second-order valence-corrected chi connectivity index (χ2v) is 5.40. The molecule has 1 aromatic carbocycles. The molecule has 0 amide bonds. The third-order valence-corrected chi connectivity index (χ3v) is 3.04. The van der Waals surface area contributed by atoms with Crippen molar-refractivity contribution in [2.75, 3.05) is 19.8 Å². The van der Waals surface area contributed by atoms with E-state index in [4.69, 9.17) is 4.74 Å². The van der Waals surface area contributed by atoms with E-state index >= 15 is 0 Å². The predicted octanol–water partition coefficient (Wildman–Crippen LogP) is 3.32. The number of rotatable bonds is 8. The minimum atomic E-state index is 0.626. The lowest BCUT2D eigenvalue weighted by molar-refractivity contribution is 0.108. The molecule has 3 heteroatoms. The Morgan fingerprint density at radius 2 is 2.16 bits per heavy atom. The van der Waals surface area contributed by atoms with Gasteiger partial charge in [-0.15, -0.1) is 0 Å². The smallest absolute Gasteiger partial charge is 0.0489 e. The molecule has 0 aliphatic rings. The number of ether oxygens (including phenoxy) is 1. The molecule has 2 N–H and O–H groups in total. The predicted molar refractivity (Wildman–Crippen MR) is 80.3 cm³/mol. The van der Waals surface area contributed by atoms with E-state index in [-0.39, 0.29) is 0 Å². The fourth-order valence-corrected chi connectivity index (χ4v) is 2.06. The highest BCUT2D eigenvalue weighted by atomic mass is 16.5. The topological polar surface area (TPSA) is 37.0 Å². The highest BCUT2D eigenvalue weighted by Gasteiger charge is 1.97. The molecule has 2 aromatic rings. The number of fused-ring (bicyclic) bond motifs is 1. The van der Waals surface area contributed by atoms with Crippen LogP contribution in [0.25, 0.3) is 10.9 Å². The van der Waals surface area contributed by atoms with Gasteiger partial charge in [0.15, 0.2) is 0 Å². The Labute approximate surface area is 115 Å². The molecule has 0 unspecified atom stereocenters. The molecule has 0 atom stereocenters. The zero-order chi connectivity index (χ0) is 13.5. The van der Waals surface area contributed by atoms with E-state index < -0.39 is 0 Å². The average Bonchev–Trinajstić information content (AvgIpc) is 2.84. The minimum Gasteiger partial charge on any atom is -0.381 e. The summed E-state index contributed by atoms with van der Waals surface area (Å²) < 4.78 is 5.55. The van der Waals surface area contributed by atoms with E-state index in [2.05, 4.69) is 48.4 Å². The molecule has 0 saturated carbocycles. The summed E-state index contributed by atoms with van der Waals surface area (Å²) in [6.07, 6.45) is 3.05. The van der Waals surface area contributed by atoms with E-state index in [1.165, 1.54) is 16.5 Å². The van der Waals surface area contributed by atoms with Crippen molar-refractivity contribution in [1.29, 1.82) is 0 Å². The van der Waals surface area contributed by atoms with E-state index in [1.807, 2.05) is 6.20 Å². The molecular weight excluding hydrogens is 236 g/mol. The summed E-state index contributed by atoms with van der Waals surface area (Å²) in [5.41, 5.74) is 2.53. The van der Waals surface area contributed by atoms with Gasteiger partial charge < -0.3 is 15.0 Å². The second kappa shape index (κ2) is 7.31. The first-order valence-electron chi connectivity index (χ1n) is 7.10. The molecule has 0 aliphatic heterocycles. The van der Waals surface area contributed by atoms with Crippen molar-refractivity contribution in [3.8, 4) is 0 Å². The summed E-state index contributed by atoms with van der Waals surface area (Å²) in [5, 5.41) is 4.73. The standard InChI is InChI=1S/C16H24N2O/c1-13(2)12-19-9-3-7-17-11-14-4-5-16-15(10-14)6-8-18-16/h4-6,8,10,13,17-18H,3,7,9,11-12H2,1-2H3. The highest BCUT2D eigenvalue weighted by Crippen LogP contribution is 2.13. The van der Waals surface area contributed by atoms with Crippen LogP contribution in [0.3, 0.4) is 0 Å². The van der Waals surface area contributed by atoms with Crippen molar-refractivity contribution in [3.05, 3.63) is 36.0 Å². The summed E-state index contributed by atoms with van der Waals surface area (Å²) in [4.78, 5) is 3.21. The normalized spacial score (nSPS) is 11.5. The van der Waals surface area contributed by atoms with Gasteiger partial charge in [-0.2, -0.15) is 0 Å². The molecule has 2 rings (SSSR count). The molecule has 1 heterocycles. The van der Waals surface area contributed by atoms with E-state index in [1.54, 1.807) is 0 Å². The Morgan fingerprint density at radius 3 is 3.00 bits per heavy atom. The number of nitrogens with one attached hydrogen (secondary N) is 2. The van der Waals surface area contributed by atoms with Gasteiger partial charge in [0.05, 0.1) is 0 Å². The molecule has 19 heavy (non-hydrogen) atoms. The summed E-state index contributed by atoms with van der Waals surface area (Å²) in [5.74, 6) is 0.626. The molecule has 104 valence electrons. The van der Waals surface area contributed by atoms with Gasteiger partial charge in [-0.25, -0.2) is 0 Å². The van der Waals surface area contributed by atoms with Crippen LogP contribution in [0.1, 0.15) is 25.8 Å². The number of benzene rings is 1. The van der Waals surface area contributed by atoms with Crippen molar-refractivity contribution >= 4 is 10.9 Å². The lowest BCUT2D eigenvalue weighted by atomic mass is 10.1. The fourth-order valence-electron chi connectivity index (χ4n) is 2.06. The van der Waals surface area contributed by atoms with E-state index in [9.17, 15) is 0 Å². The van der Waals surface area contributed by atoms with Crippen molar-refractivity contribution in [2.24, 2.45) is 5.92 Å². The van der Waals surface area contributed by atoms with Crippen LogP contribution in [0.5, 0.6) is 0 Å². The molecule has 0 bridgehead atoms. The van der Waals surface area contributed by atoms with Crippen molar-refractivity contribution in [2.45, 2.75) is 26.8 Å². The quantitative estimate of drug-likeness (QED) is 0.714. The maximum absolute atomic E-state index is 5.55. The van der Waals surface area contributed by atoms with Gasteiger partial charge in [0.25, 0.3) is 0 Å². The van der Waals surface area contributed by atoms with Gasteiger partial charge >= 0.3 is 0 Å². The Bertz CT molecular complexity index is 490. The number of aromatic nitrogens is 1. The summed E-state index contributed by atoms with van der Waals surface area (Å²) in [7, 11) is 0. The monoisotopic (exact) mass is 260 g/mol. The largest absolute Gasteiger partial charge is 0.381 e. The summed E-state index contributed by atoms with van der Waals surface area (Å²) in [6.45, 7) is 7.99.